The molecule has 1 aromatic rings. The van der Waals surface area contributed by atoms with E-state index in [-0.39, 0.29) is 5.91 Å². The molecule has 0 aromatic heterocycles. The summed E-state index contributed by atoms with van der Waals surface area (Å²) in [6, 6.07) is 6.54. The number of anilines is 1. The van der Waals surface area contributed by atoms with Crippen LogP contribution in [0.1, 0.15) is 42.5 Å². The first kappa shape index (κ1) is 13.4. The Morgan fingerprint density at radius 2 is 1.89 bits per heavy atom. The van der Waals surface area contributed by atoms with Crippen LogP contribution in [0.25, 0.3) is 0 Å². The number of aliphatic carboxylic acids is 1. The Bertz CT molecular complexity index is 493. The number of carbonyl (C=O) groups excluding carboxylic acids is 1. The van der Waals surface area contributed by atoms with E-state index in [0.717, 1.165) is 19.3 Å². The zero-order valence-electron chi connectivity index (χ0n) is 10.7. The summed E-state index contributed by atoms with van der Waals surface area (Å²) in [6.07, 6.45) is 3.63. The third-order valence-corrected chi connectivity index (χ3v) is 3.62. The van der Waals surface area contributed by atoms with Crippen molar-refractivity contribution in [1.82, 2.24) is 5.32 Å². The average molecular weight is 262 g/mol. The van der Waals surface area contributed by atoms with Crippen molar-refractivity contribution in [2.75, 3.05) is 5.73 Å². The van der Waals surface area contributed by atoms with Gasteiger partial charge in [-0.2, -0.15) is 0 Å². The molecule has 0 saturated heterocycles. The monoisotopic (exact) mass is 262 g/mol. The molecule has 4 N–H and O–H groups in total. The molecule has 19 heavy (non-hydrogen) atoms. The minimum Gasteiger partial charge on any atom is -0.480 e. The van der Waals surface area contributed by atoms with E-state index in [1.807, 2.05) is 0 Å². The summed E-state index contributed by atoms with van der Waals surface area (Å²) in [4.78, 5) is 23.6. The Kier molecular flexibility index (Phi) is 3.74. The lowest BCUT2D eigenvalue weighted by Gasteiger charge is -2.34. The van der Waals surface area contributed by atoms with Gasteiger partial charge in [0.15, 0.2) is 0 Å². The number of nitrogens with two attached hydrogens (primary N) is 1. The van der Waals surface area contributed by atoms with Crippen molar-refractivity contribution in [3.63, 3.8) is 0 Å². The molecule has 2 rings (SSSR count). The molecular weight excluding hydrogens is 244 g/mol. The molecule has 1 saturated carbocycles. The number of nitrogen functional groups attached to an aromatic ring is 1. The van der Waals surface area contributed by atoms with Crippen molar-refractivity contribution in [2.45, 2.75) is 37.6 Å². The molecule has 0 spiro atoms. The van der Waals surface area contributed by atoms with E-state index >= 15 is 0 Å². The lowest BCUT2D eigenvalue weighted by molar-refractivity contribution is -0.145. The molecular formula is C14H18N2O3. The number of benzene rings is 1. The van der Waals surface area contributed by atoms with Crippen LogP contribution in [0.4, 0.5) is 5.69 Å². The van der Waals surface area contributed by atoms with E-state index < -0.39 is 11.5 Å². The largest absolute Gasteiger partial charge is 0.480 e. The van der Waals surface area contributed by atoms with Crippen molar-refractivity contribution in [2.24, 2.45) is 0 Å². The maximum atomic E-state index is 12.1. The predicted octanol–water partition coefficient (Wildman–Crippen LogP) is 1.79. The van der Waals surface area contributed by atoms with Crippen molar-refractivity contribution >= 4 is 17.6 Å². The first-order valence-electron chi connectivity index (χ1n) is 6.45. The van der Waals surface area contributed by atoms with Crippen molar-refractivity contribution in [1.29, 1.82) is 0 Å². The van der Waals surface area contributed by atoms with Crippen LogP contribution in [0.2, 0.25) is 0 Å². The fourth-order valence-electron chi connectivity index (χ4n) is 2.52. The van der Waals surface area contributed by atoms with Gasteiger partial charge in [-0.3, -0.25) is 4.79 Å². The van der Waals surface area contributed by atoms with Crippen molar-refractivity contribution in [3.8, 4) is 0 Å². The summed E-state index contributed by atoms with van der Waals surface area (Å²) in [7, 11) is 0. The summed E-state index contributed by atoms with van der Waals surface area (Å²) in [5.74, 6) is -1.33. The Hall–Kier alpha value is -2.04. The molecule has 0 bridgehead atoms. The highest BCUT2D eigenvalue weighted by atomic mass is 16.4. The normalized spacial score (nSPS) is 17.7. The summed E-state index contributed by atoms with van der Waals surface area (Å²) in [5, 5.41) is 12.1. The van der Waals surface area contributed by atoms with Crippen LogP contribution >= 0.6 is 0 Å². The maximum absolute atomic E-state index is 12.1. The van der Waals surface area contributed by atoms with E-state index in [0.29, 0.717) is 24.1 Å². The summed E-state index contributed by atoms with van der Waals surface area (Å²) < 4.78 is 0. The first-order valence-corrected chi connectivity index (χ1v) is 6.45. The average Bonchev–Trinajstić information content (AvgIpc) is 2.39. The number of carboxylic acids is 1. The van der Waals surface area contributed by atoms with Gasteiger partial charge in [-0.25, -0.2) is 4.79 Å². The number of carboxylic acid groups (broad SMARTS) is 1. The Balaban J connectivity index is 2.18. The van der Waals surface area contributed by atoms with Gasteiger partial charge in [0.2, 0.25) is 0 Å². The van der Waals surface area contributed by atoms with Crippen LogP contribution in [0.5, 0.6) is 0 Å². The highest BCUT2D eigenvalue weighted by molar-refractivity contribution is 5.98. The van der Waals surface area contributed by atoms with Gasteiger partial charge in [-0.15, -0.1) is 0 Å². The Morgan fingerprint density at radius 3 is 2.47 bits per heavy atom. The van der Waals surface area contributed by atoms with Crippen LogP contribution in [-0.2, 0) is 4.79 Å². The highest BCUT2D eigenvalue weighted by Crippen LogP contribution is 2.29. The van der Waals surface area contributed by atoms with Gasteiger partial charge >= 0.3 is 5.97 Å². The minimum absolute atomic E-state index is 0.378. The molecule has 0 unspecified atom stereocenters. The quantitative estimate of drug-likeness (QED) is 0.724. The minimum atomic E-state index is -1.13. The predicted molar refractivity (Wildman–Crippen MR) is 71.8 cm³/mol. The van der Waals surface area contributed by atoms with E-state index in [1.54, 1.807) is 24.3 Å². The van der Waals surface area contributed by atoms with Gasteiger partial charge < -0.3 is 16.2 Å². The third kappa shape index (κ3) is 2.86. The van der Waals surface area contributed by atoms with Gasteiger partial charge in [-0.05, 0) is 31.0 Å². The second-order valence-electron chi connectivity index (χ2n) is 5.03. The van der Waals surface area contributed by atoms with Gasteiger partial charge in [0.05, 0.1) is 0 Å². The van der Waals surface area contributed by atoms with Crippen molar-refractivity contribution in [3.05, 3.63) is 29.8 Å². The van der Waals surface area contributed by atoms with Crippen molar-refractivity contribution < 1.29 is 14.7 Å². The van der Waals surface area contributed by atoms with Crippen LogP contribution in [0.15, 0.2) is 24.3 Å². The molecule has 5 nitrogen and oxygen atoms in total. The molecule has 102 valence electrons. The SMILES string of the molecule is Nc1cccc(C(=O)NC2(C(=O)O)CCCCC2)c1. The zero-order valence-corrected chi connectivity index (χ0v) is 10.7. The Morgan fingerprint density at radius 1 is 1.21 bits per heavy atom. The second-order valence-corrected chi connectivity index (χ2v) is 5.03. The first-order chi connectivity index (χ1) is 9.03. The number of hydrogen-bond donors (Lipinski definition) is 3. The molecule has 0 heterocycles. The smallest absolute Gasteiger partial charge is 0.329 e. The fourth-order valence-corrected chi connectivity index (χ4v) is 2.52. The second kappa shape index (κ2) is 5.30. The molecule has 0 radical (unpaired) electrons. The van der Waals surface area contributed by atoms with Gasteiger partial charge in [-0.1, -0.05) is 25.3 Å². The van der Waals surface area contributed by atoms with E-state index in [1.165, 1.54) is 0 Å². The van der Waals surface area contributed by atoms with E-state index in [4.69, 9.17) is 5.73 Å². The van der Waals surface area contributed by atoms with E-state index in [9.17, 15) is 14.7 Å². The van der Waals surface area contributed by atoms with Crippen LogP contribution in [0, 0.1) is 0 Å². The van der Waals surface area contributed by atoms with Gasteiger partial charge in [0, 0.05) is 11.3 Å². The van der Waals surface area contributed by atoms with Gasteiger partial charge in [0.1, 0.15) is 5.54 Å². The summed E-state index contributed by atoms with van der Waals surface area (Å²) in [5.41, 5.74) is 5.38. The molecule has 0 atom stereocenters. The maximum Gasteiger partial charge on any atom is 0.329 e. The summed E-state index contributed by atoms with van der Waals surface area (Å²) >= 11 is 0. The van der Waals surface area contributed by atoms with Crippen LogP contribution in [-0.4, -0.2) is 22.5 Å². The Labute approximate surface area is 111 Å². The molecule has 5 heteroatoms. The number of rotatable bonds is 3. The number of nitrogens with one attached hydrogen (secondary N) is 1. The molecule has 0 aliphatic heterocycles. The molecule has 1 aliphatic rings. The third-order valence-electron chi connectivity index (χ3n) is 3.62. The molecule has 1 fully saturated rings. The number of amides is 1. The fraction of sp³-hybridized carbons (Fsp3) is 0.429. The standard InChI is InChI=1S/C14H18N2O3/c15-11-6-4-5-10(9-11)12(17)16-14(13(18)19)7-2-1-3-8-14/h4-6,9H,1-3,7-8,15H2,(H,16,17)(H,18,19). The lowest BCUT2D eigenvalue weighted by Crippen LogP contribution is -2.55. The number of hydrogen-bond acceptors (Lipinski definition) is 3. The molecule has 1 aliphatic carbocycles. The lowest BCUT2D eigenvalue weighted by atomic mass is 9.81. The zero-order chi connectivity index (χ0) is 13.9. The highest BCUT2D eigenvalue weighted by Gasteiger charge is 2.41. The topological polar surface area (TPSA) is 92.4 Å². The van der Waals surface area contributed by atoms with E-state index in [2.05, 4.69) is 5.32 Å². The van der Waals surface area contributed by atoms with Crippen LogP contribution in [0.3, 0.4) is 0 Å². The molecule has 1 aromatic carbocycles. The summed E-state index contributed by atoms with van der Waals surface area (Å²) in [6.45, 7) is 0. The van der Waals surface area contributed by atoms with Crippen LogP contribution < -0.4 is 11.1 Å². The van der Waals surface area contributed by atoms with Gasteiger partial charge in [0.25, 0.3) is 5.91 Å². The molecule has 1 amide bonds. The number of carbonyl (C=O) groups is 2.